The van der Waals surface area contributed by atoms with Crippen LogP contribution >= 0.6 is 0 Å². The van der Waals surface area contributed by atoms with E-state index in [2.05, 4.69) is 5.48 Å². The minimum Gasteiger partial charge on any atom is -0.370 e. The van der Waals surface area contributed by atoms with E-state index < -0.39 is 0 Å². The normalized spacial score (nSPS) is 9.44. The second kappa shape index (κ2) is 5.53. The Hall–Kier alpha value is -0.610. The second-order valence-electron chi connectivity index (χ2n) is 1.54. The summed E-state index contributed by atoms with van der Waals surface area (Å²) in [5.74, 6) is -0.317. The van der Waals surface area contributed by atoms with E-state index in [0.717, 1.165) is 0 Å². The molecule has 0 aromatic rings. The Bertz CT molecular complexity index is 85.0. The molecule has 1 amide bonds. The lowest BCUT2D eigenvalue weighted by molar-refractivity contribution is -0.118. The minimum atomic E-state index is -0.317. The minimum absolute atomic E-state index is 0.317. The SMILES string of the molecule is CCONCCC(N)=O. The molecule has 0 aliphatic rings. The molecule has 0 unspecified atom stereocenters. The van der Waals surface area contributed by atoms with Gasteiger partial charge in [0.1, 0.15) is 0 Å². The number of carbonyl (C=O) groups is 1. The first-order chi connectivity index (χ1) is 4.27. The molecular formula is C5H12N2O2. The first-order valence-electron chi connectivity index (χ1n) is 2.90. The molecule has 0 aliphatic heterocycles. The van der Waals surface area contributed by atoms with Crippen molar-refractivity contribution in [2.75, 3.05) is 13.2 Å². The molecule has 54 valence electrons. The average molecular weight is 132 g/mol. The monoisotopic (exact) mass is 132 g/mol. The van der Waals surface area contributed by atoms with E-state index in [1.807, 2.05) is 6.92 Å². The van der Waals surface area contributed by atoms with Gasteiger partial charge in [-0.2, -0.15) is 0 Å². The van der Waals surface area contributed by atoms with Crippen molar-refractivity contribution in [1.82, 2.24) is 5.48 Å². The highest BCUT2D eigenvalue weighted by Gasteiger charge is 1.90. The van der Waals surface area contributed by atoms with E-state index in [1.54, 1.807) is 0 Å². The Morgan fingerprint density at radius 2 is 2.44 bits per heavy atom. The summed E-state index contributed by atoms with van der Waals surface area (Å²) in [5.41, 5.74) is 7.41. The molecule has 9 heavy (non-hydrogen) atoms. The number of nitrogens with two attached hydrogens (primary N) is 1. The fraction of sp³-hybridized carbons (Fsp3) is 0.800. The predicted molar refractivity (Wildman–Crippen MR) is 33.4 cm³/mol. The van der Waals surface area contributed by atoms with Crippen LogP contribution in [0.1, 0.15) is 13.3 Å². The molecule has 0 spiro atoms. The van der Waals surface area contributed by atoms with Gasteiger partial charge in [0.05, 0.1) is 6.61 Å². The molecule has 0 saturated heterocycles. The molecule has 0 bridgehead atoms. The average Bonchev–Trinajstić information content (AvgIpc) is 1.80. The summed E-state index contributed by atoms with van der Waals surface area (Å²) in [6.07, 6.45) is 0.319. The number of carbonyl (C=O) groups excluding carboxylic acids is 1. The molecule has 4 heteroatoms. The van der Waals surface area contributed by atoms with Crippen molar-refractivity contribution in [3.63, 3.8) is 0 Å². The Balaban J connectivity index is 2.83. The molecule has 0 aromatic heterocycles. The van der Waals surface area contributed by atoms with Crippen LogP contribution in [0.5, 0.6) is 0 Å². The van der Waals surface area contributed by atoms with Crippen LogP contribution in [0.2, 0.25) is 0 Å². The number of primary amides is 1. The Kier molecular flexibility index (Phi) is 5.15. The van der Waals surface area contributed by atoms with E-state index >= 15 is 0 Å². The van der Waals surface area contributed by atoms with E-state index in [0.29, 0.717) is 19.6 Å². The fourth-order valence-corrected chi connectivity index (χ4v) is 0.348. The Morgan fingerprint density at radius 1 is 1.78 bits per heavy atom. The maximum absolute atomic E-state index is 10.1. The van der Waals surface area contributed by atoms with Gasteiger partial charge in [0.15, 0.2) is 0 Å². The molecule has 0 radical (unpaired) electrons. The van der Waals surface area contributed by atoms with Crippen molar-refractivity contribution in [3.8, 4) is 0 Å². The van der Waals surface area contributed by atoms with Crippen LogP contribution < -0.4 is 11.2 Å². The number of hydrogen-bond donors (Lipinski definition) is 2. The molecule has 0 rings (SSSR count). The van der Waals surface area contributed by atoms with Crippen molar-refractivity contribution in [2.45, 2.75) is 13.3 Å². The first-order valence-corrected chi connectivity index (χ1v) is 2.90. The maximum Gasteiger partial charge on any atom is 0.218 e. The highest BCUT2D eigenvalue weighted by Crippen LogP contribution is 1.72. The molecule has 0 aliphatic carbocycles. The van der Waals surface area contributed by atoms with Crippen LogP contribution in [0, 0.1) is 0 Å². The van der Waals surface area contributed by atoms with Crippen molar-refractivity contribution in [3.05, 3.63) is 0 Å². The zero-order valence-corrected chi connectivity index (χ0v) is 5.52. The topological polar surface area (TPSA) is 64.3 Å². The lowest BCUT2D eigenvalue weighted by Crippen LogP contribution is -2.22. The van der Waals surface area contributed by atoms with Gasteiger partial charge in [-0.05, 0) is 6.92 Å². The predicted octanol–water partition coefficient (Wildman–Crippen LogP) is -0.597. The third-order valence-corrected chi connectivity index (χ3v) is 0.720. The quantitative estimate of drug-likeness (QED) is 0.388. The molecule has 0 atom stereocenters. The van der Waals surface area contributed by atoms with Gasteiger partial charge in [-0.25, -0.2) is 5.48 Å². The van der Waals surface area contributed by atoms with Gasteiger partial charge in [0, 0.05) is 13.0 Å². The van der Waals surface area contributed by atoms with Gasteiger partial charge in [0.25, 0.3) is 0 Å². The van der Waals surface area contributed by atoms with Crippen LogP contribution in [-0.4, -0.2) is 19.1 Å². The van der Waals surface area contributed by atoms with Gasteiger partial charge < -0.3 is 10.6 Å². The smallest absolute Gasteiger partial charge is 0.218 e. The second-order valence-corrected chi connectivity index (χ2v) is 1.54. The number of nitrogens with one attached hydrogen (secondary N) is 1. The van der Waals surface area contributed by atoms with E-state index in [4.69, 9.17) is 10.6 Å². The van der Waals surface area contributed by atoms with Crippen LogP contribution in [0.4, 0.5) is 0 Å². The maximum atomic E-state index is 10.1. The third-order valence-electron chi connectivity index (χ3n) is 0.720. The highest BCUT2D eigenvalue weighted by molar-refractivity contribution is 5.73. The number of hydrogen-bond acceptors (Lipinski definition) is 3. The summed E-state index contributed by atoms with van der Waals surface area (Å²) in [6.45, 7) is 2.94. The summed E-state index contributed by atoms with van der Waals surface area (Å²) >= 11 is 0. The highest BCUT2D eigenvalue weighted by atomic mass is 16.6. The van der Waals surface area contributed by atoms with Gasteiger partial charge in [-0.1, -0.05) is 0 Å². The summed E-state index contributed by atoms with van der Waals surface area (Å²) in [5, 5.41) is 0. The van der Waals surface area contributed by atoms with Crippen LogP contribution in [0.25, 0.3) is 0 Å². The van der Waals surface area contributed by atoms with Gasteiger partial charge in [-0.15, -0.1) is 0 Å². The first kappa shape index (κ1) is 8.39. The molecule has 3 N–H and O–H groups in total. The zero-order valence-electron chi connectivity index (χ0n) is 5.52. The van der Waals surface area contributed by atoms with E-state index in [9.17, 15) is 4.79 Å². The summed E-state index contributed by atoms with van der Waals surface area (Å²) in [6, 6.07) is 0. The summed E-state index contributed by atoms with van der Waals surface area (Å²) in [4.78, 5) is 14.8. The van der Waals surface area contributed by atoms with Gasteiger partial charge in [0.2, 0.25) is 5.91 Å². The number of rotatable bonds is 5. The van der Waals surface area contributed by atoms with Gasteiger partial charge >= 0.3 is 0 Å². The van der Waals surface area contributed by atoms with E-state index in [-0.39, 0.29) is 5.91 Å². The standard InChI is InChI=1S/C5H12N2O2/c1-2-9-7-4-3-5(6)8/h7H,2-4H2,1H3,(H2,6,8). The number of hydroxylamine groups is 1. The van der Waals surface area contributed by atoms with E-state index in [1.165, 1.54) is 0 Å². The molecule has 4 nitrogen and oxygen atoms in total. The Morgan fingerprint density at radius 3 is 2.89 bits per heavy atom. The molecule has 0 aromatic carbocycles. The van der Waals surface area contributed by atoms with Crippen LogP contribution in [-0.2, 0) is 9.63 Å². The largest absolute Gasteiger partial charge is 0.370 e. The molecule has 0 heterocycles. The number of amides is 1. The van der Waals surface area contributed by atoms with Crippen LogP contribution in [0.15, 0.2) is 0 Å². The Labute approximate surface area is 54.3 Å². The van der Waals surface area contributed by atoms with Crippen LogP contribution in [0.3, 0.4) is 0 Å². The van der Waals surface area contributed by atoms with Crippen molar-refractivity contribution in [1.29, 1.82) is 0 Å². The molecule has 0 fully saturated rings. The molecule has 0 saturated carbocycles. The molecular weight excluding hydrogens is 120 g/mol. The van der Waals surface area contributed by atoms with Crippen molar-refractivity contribution in [2.24, 2.45) is 5.73 Å². The van der Waals surface area contributed by atoms with Crippen molar-refractivity contribution >= 4 is 5.91 Å². The van der Waals surface area contributed by atoms with Crippen molar-refractivity contribution < 1.29 is 9.63 Å². The fourth-order valence-electron chi connectivity index (χ4n) is 0.348. The lowest BCUT2D eigenvalue weighted by Gasteiger charge is -1.99. The lowest BCUT2D eigenvalue weighted by atomic mass is 10.4. The summed E-state index contributed by atoms with van der Waals surface area (Å²) < 4.78 is 0. The zero-order chi connectivity index (χ0) is 7.11. The third kappa shape index (κ3) is 7.39. The summed E-state index contributed by atoms with van der Waals surface area (Å²) in [7, 11) is 0. The van der Waals surface area contributed by atoms with Gasteiger partial charge in [-0.3, -0.25) is 4.79 Å².